The normalized spacial score (nSPS) is 21.5. The molecule has 1 aliphatic carbocycles. The molecule has 0 bridgehead atoms. The number of piperazine rings is 1. The van der Waals surface area contributed by atoms with Crippen molar-refractivity contribution in [1.82, 2.24) is 9.80 Å². The average molecular weight is 261 g/mol. The van der Waals surface area contributed by atoms with Crippen LogP contribution in [0.5, 0.6) is 5.75 Å². The summed E-state index contributed by atoms with van der Waals surface area (Å²) in [5.41, 5.74) is 6.58. The van der Waals surface area contributed by atoms with Crippen LogP contribution in [0.25, 0.3) is 0 Å². The van der Waals surface area contributed by atoms with Crippen LogP contribution in [0.4, 0.5) is 5.69 Å². The van der Waals surface area contributed by atoms with E-state index in [-0.39, 0.29) is 0 Å². The lowest BCUT2D eigenvalue weighted by Gasteiger charge is -2.34. The Bertz CT molecular complexity index is 412. The van der Waals surface area contributed by atoms with Crippen LogP contribution in [0.1, 0.15) is 12.8 Å². The summed E-state index contributed by atoms with van der Waals surface area (Å²) in [6.07, 6.45) is 2.83. The lowest BCUT2D eigenvalue weighted by atomic mass is 10.3. The Morgan fingerprint density at radius 3 is 2.53 bits per heavy atom. The van der Waals surface area contributed by atoms with Crippen molar-refractivity contribution in [2.24, 2.45) is 0 Å². The van der Waals surface area contributed by atoms with E-state index < -0.39 is 0 Å². The molecule has 3 rings (SSSR count). The van der Waals surface area contributed by atoms with E-state index in [1.807, 2.05) is 24.3 Å². The Kier molecular flexibility index (Phi) is 3.89. The summed E-state index contributed by atoms with van der Waals surface area (Å²) in [7, 11) is 0. The molecule has 0 amide bonds. The van der Waals surface area contributed by atoms with Gasteiger partial charge in [-0.15, -0.1) is 0 Å². The Balaban J connectivity index is 1.37. The van der Waals surface area contributed by atoms with E-state index in [0.717, 1.165) is 30.6 Å². The number of hydrogen-bond acceptors (Lipinski definition) is 4. The van der Waals surface area contributed by atoms with Gasteiger partial charge < -0.3 is 10.5 Å². The molecular formula is C15H23N3O. The van der Waals surface area contributed by atoms with Gasteiger partial charge in [0.2, 0.25) is 0 Å². The summed E-state index contributed by atoms with van der Waals surface area (Å²) in [6, 6.07) is 8.60. The SMILES string of the molecule is Nc1ccccc1OCCN1CCN(C2CC2)CC1. The topological polar surface area (TPSA) is 41.7 Å². The Hall–Kier alpha value is -1.26. The number of nitrogens with zero attached hydrogens (tertiary/aromatic N) is 2. The molecule has 0 spiro atoms. The highest BCUT2D eigenvalue weighted by atomic mass is 16.5. The molecule has 0 atom stereocenters. The monoisotopic (exact) mass is 261 g/mol. The fourth-order valence-corrected chi connectivity index (χ4v) is 2.69. The van der Waals surface area contributed by atoms with Gasteiger partial charge in [-0.3, -0.25) is 9.80 Å². The summed E-state index contributed by atoms with van der Waals surface area (Å²) in [6.45, 7) is 6.50. The molecule has 2 fully saturated rings. The maximum Gasteiger partial charge on any atom is 0.142 e. The van der Waals surface area contributed by atoms with Crippen molar-refractivity contribution in [3.8, 4) is 5.75 Å². The maximum atomic E-state index is 5.85. The molecule has 0 unspecified atom stereocenters. The number of anilines is 1. The van der Waals surface area contributed by atoms with Crippen LogP contribution in [0.15, 0.2) is 24.3 Å². The highest BCUT2D eigenvalue weighted by molar-refractivity contribution is 5.51. The molecule has 19 heavy (non-hydrogen) atoms. The minimum atomic E-state index is 0.720. The van der Waals surface area contributed by atoms with Crippen LogP contribution < -0.4 is 10.5 Å². The molecule has 0 radical (unpaired) electrons. The number of hydrogen-bond donors (Lipinski definition) is 1. The van der Waals surface area contributed by atoms with Gasteiger partial charge in [0, 0.05) is 38.8 Å². The summed E-state index contributed by atoms with van der Waals surface area (Å²) in [5.74, 6) is 0.805. The quantitative estimate of drug-likeness (QED) is 0.814. The van der Waals surface area contributed by atoms with Crippen molar-refractivity contribution >= 4 is 5.69 Å². The molecule has 1 saturated carbocycles. The Morgan fingerprint density at radius 1 is 1.11 bits per heavy atom. The van der Waals surface area contributed by atoms with Gasteiger partial charge in [-0.1, -0.05) is 12.1 Å². The first-order chi connectivity index (χ1) is 9.33. The molecule has 1 saturated heterocycles. The standard InChI is InChI=1S/C15H23N3O/c16-14-3-1-2-4-15(14)19-12-11-17-7-9-18(10-8-17)13-5-6-13/h1-4,13H,5-12,16H2. The van der Waals surface area contributed by atoms with E-state index in [1.165, 1.54) is 39.0 Å². The van der Waals surface area contributed by atoms with Crippen molar-refractivity contribution in [2.45, 2.75) is 18.9 Å². The van der Waals surface area contributed by atoms with Crippen LogP contribution in [0.2, 0.25) is 0 Å². The van der Waals surface area contributed by atoms with E-state index in [1.54, 1.807) is 0 Å². The number of para-hydroxylation sites is 2. The molecule has 4 heteroatoms. The zero-order valence-electron chi connectivity index (χ0n) is 11.4. The lowest BCUT2D eigenvalue weighted by molar-refractivity contribution is 0.112. The summed E-state index contributed by atoms with van der Waals surface area (Å²) in [5, 5.41) is 0. The second-order valence-electron chi connectivity index (χ2n) is 5.50. The molecule has 1 aliphatic heterocycles. The third-order valence-corrected chi connectivity index (χ3v) is 4.05. The van der Waals surface area contributed by atoms with E-state index in [4.69, 9.17) is 10.5 Å². The maximum absolute atomic E-state index is 5.85. The second-order valence-corrected chi connectivity index (χ2v) is 5.50. The van der Waals surface area contributed by atoms with Gasteiger partial charge in [-0.2, -0.15) is 0 Å². The number of nitrogen functional groups attached to an aromatic ring is 1. The predicted molar refractivity (Wildman–Crippen MR) is 77.4 cm³/mol. The number of rotatable bonds is 5. The van der Waals surface area contributed by atoms with Gasteiger partial charge >= 0.3 is 0 Å². The highest BCUT2D eigenvalue weighted by Gasteiger charge is 2.30. The van der Waals surface area contributed by atoms with Crippen molar-refractivity contribution in [1.29, 1.82) is 0 Å². The summed E-state index contributed by atoms with van der Waals surface area (Å²) in [4.78, 5) is 5.12. The number of ether oxygens (including phenoxy) is 1. The molecule has 4 nitrogen and oxygen atoms in total. The number of nitrogens with two attached hydrogens (primary N) is 1. The van der Waals surface area contributed by atoms with Crippen LogP contribution >= 0.6 is 0 Å². The van der Waals surface area contributed by atoms with Crippen molar-refractivity contribution in [3.63, 3.8) is 0 Å². The Labute approximate surface area is 115 Å². The first-order valence-corrected chi connectivity index (χ1v) is 7.26. The third kappa shape index (κ3) is 3.39. The van der Waals surface area contributed by atoms with Crippen molar-refractivity contribution < 1.29 is 4.74 Å². The van der Waals surface area contributed by atoms with Crippen LogP contribution in [0.3, 0.4) is 0 Å². The molecule has 1 aromatic carbocycles. The van der Waals surface area contributed by atoms with Gasteiger partial charge in [0.25, 0.3) is 0 Å². The number of benzene rings is 1. The first-order valence-electron chi connectivity index (χ1n) is 7.26. The van der Waals surface area contributed by atoms with Gasteiger partial charge in [0.1, 0.15) is 12.4 Å². The minimum absolute atomic E-state index is 0.720. The molecular weight excluding hydrogens is 238 g/mol. The molecule has 2 aliphatic rings. The first kappa shape index (κ1) is 12.8. The minimum Gasteiger partial charge on any atom is -0.490 e. The van der Waals surface area contributed by atoms with Gasteiger partial charge in [-0.05, 0) is 25.0 Å². The predicted octanol–water partition coefficient (Wildman–Crippen LogP) is 1.43. The smallest absolute Gasteiger partial charge is 0.142 e. The molecule has 104 valence electrons. The third-order valence-electron chi connectivity index (χ3n) is 4.05. The van der Waals surface area contributed by atoms with E-state index >= 15 is 0 Å². The average Bonchev–Trinajstić information content (AvgIpc) is 3.26. The van der Waals surface area contributed by atoms with Crippen LogP contribution in [0, 0.1) is 0 Å². The summed E-state index contributed by atoms with van der Waals surface area (Å²) < 4.78 is 5.75. The zero-order chi connectivity index (χ0) is 13.1. The molecule has 0 aromatic heterocycles. The molecule has 1 aromatic rings. The van der Waals surface area contributed by atoms with E-state index in [2.05, 4.69) is 9.80 Å². The fourth-order valence-electron chi connectivity index (χ4n) is 2.69. The largest absolute Gasteiger partial charge is 0.490 e. The van der Waals surface area contributed by atoms with Gasteiger partial charge in [0.05, 0.1) is 5.69 Å². The highest BCUT2D eigenvalue weighted by Crippen LogP contribution is 2.27. The fraction of sp³-hybridized carbons (Fsp3) is 0.600. The van der Waals surface area contributed by atoms with Crippen LogP contribution in [-0.4, -0.2) is 55.2 Å². The van der Waals surface area contributed by atoms with E-state index in [0.29, 0.717) is 0 Å². The summed E-state index contributed by atoms with van der Waals surface area (Å²) >= 11 is 0. The molecule has 1 heterocycles. The zero-order valence-corrected chi connectivity index (χ0v) is 11.4. The van der Waals surface area contributed by atoms with Crippen molar-refractivity contribution in [2.75, 3.05) is 45.1 Å². The van der Waals surface area contributed by atoms with E-state index in [9.17, 15) is 0 Å². The Morgan fingerprint density at radius 2 is 1.84 bits per heavy atom. The van der Waals surface area contributed by atoms with Gasteiger partial charge in [-0.25, -0.2) is 0 Å². The van der Waals surface area contributed by atoms with Crippen LogP contribution in [-0.2, 0) is 0 Å². The van der Waals surface area contributed by atoms with Gasteiger partial charge in [0.15, 0.2) is 0 Å². The molecule has 2 N–H and O–H groups in total. The lowest BCUT2D eigenvalue weighted by Crippen LogP contribution is -2.48. The second kappa shape index (κ2) is 5.80. The van der Waals surface area contributed by atoms with Crippen molar-refractivity contribution in [3.05, 3.63) is 24.3 Å².